The van der Waals surface area contributed by atoms with E-state index in [0.29, 0.717) is 23.1 Å². The molecule has 0 aliphatic carbocycles. The molecule has 1 atom stereocenters. The van der Waals surface area contributed by atoms with E-state index in [9.17, 15) is 9.59 Å². The Morgan fingerprint density at radius 3 is 2.48 bits per heavy atom. The average molecular weight is 446 g/mol. The van der Waals surface area contributed by atoms with Crippen LogP contribution in [-0.2, 0) is 15.9 Å². The Morgan fingerprint density at radius 2 is 1.81 bits per heavy atom. The van der Waals surface area contributed by atoms with Crippen molar-refractivity contribution in [3.05, 3.63) is 52.9 Å². The molecule has 0 aliphatic heterocycles. The number of hydrogen-bond acceptors (Lipinski definition) is 5. The van der Waals surface area contributed by atoms with Crippen LogP contribution in [0, 0.1) is 5.92 Å². The van der Waals surface area contributed by atoms with Gasteiger partial charge in [0.05, 0.1) is 12.2 Å². The first-order chi connectivity index (χ1) is 14.8. The molecule has 1 aromatic carbocycles. The zero-order chi connectivity index (χ0) is 22.7. The quantitative estimate of drug-likeness (QED) is 0.296. The first kappa shape index (κ1) is 24.9. The molecule has 0 saturated heterocycles. The topological polar surface area (TPSA) is 64.6 Å². The third-order valence-electron chi connectivity index (χ3n) is 4.93. The second kappa shape index (κ2) is 12.5. The lowest BCUT2D eigenvalue weighted by Crippen LogP contribution is -2.24. The van der Waals surface area contributed by atoms with Crippen molar-refractivity contribution < 1.29 is 19.1 Å². The first-order valence-electron chi connectivity index (χ1n) is 11.1. The number of benzene rings is 1. The molecule has 1 unspecified atom stereocenters. The van der Waals surface area contributed by atoms with Gasteiger partial charge in [0.2, 0.25) is 0 Å². The van der Waals surface area contributed by atoms with E-state index in [-0.39, 0.29) is 0 Å². The highest BCUT2D eigenvalue weighted by Gasteiger charge is 2.22. The van der Waals surface area contributed by atoms with Gasteiger partial charge in [-0.05, 0) is 56.5 Å². The predicted octanol–water partition coefficient (Wildman–Crippen LogP) is 7.08. The molecule has 1 amide bonds. The maximum Gasteiger partial charge on any atom is 0.412 e. The molecule has 6 heteroatoms. The minimum Gasteiger partial charge on any atom is -0.456 e. The Bertz CT molecular complexity index is 810. The lowest BCUT2D eigenvalue weighted by molar-refractivity contribution is 0.00713. The molecule has 2 aromatic rings. The molecule has 1 N–H and O–H groups in total. The Morgan fingerprint density at radius 1 is 1.06 bits per heavy atom. The van der Waals surface area contributed by atoms with Crippen LogP contribution < -0.4 is 5.32 Å². The number of hydrogen-bond donors (Lipinski definition) is 1. The fourth-order valence-corrected chi connectivity index (χ4v) is 4.06. The van der Waals surface area contributed by atoms with Gasteiger partial charge in [0, 0.05) is 0 Å². The lowest BCUT2D eigenvalue weighted by atomic mass is 9.92. The van der Waals surface area contributed by atoms with Gasteiger partial charge in [0.15, 0.2) is 0 Å². The number of carbonyl (C=O) groups excluding carboxylic acids is 2. The summed E-state index contributed by atoms with van der Waals surface area (Å²) in [5, 5.41) is 4.85. The normalized spacial score (nSPS) is 12.3. The number of esters is 1. The van der Waals surface area contributed by atoms with Gasteiger partial charge >= 0.3 is 12.1 Å². The number of anilines is 1. The molecule has 31 heavy (non-hydrogen) atoms. The van der Waals surface area contributed by atoms with Crippen molar-refractivity contribution in [2.45, 2.75) is 71.8 Å². The van der Waals surface area contributed by atoms with Crippen molar-refractivity contribution in [3.8, 4) is 0 Å². The van der Waals surface area contributed by atoms with Crippen LogP contribution in [0.3, 0.4) is 0 Å². The minimum absolute atomic E-state index is 0.348. The number of nitrogens with one attached hydrogen (secondary N) is 1. The van der Waals surface area contributed by atoms with Crippen molar-refractivity contribution in [2.24, 2.45) is 5.92 Å². The summed E-state index contributed by atoms with van der Waals surface area (Å²) in [7, 11) is 0. The van der Waals surface area contributed by atoms with Crippen LogP contribution in [0.15, 0.2) is 41.8 Å². The van der Waals surface area contributed by atoms with E-state index in [2.05, 4.69) is 42.6 Å². The van der Waals surface area contributed by atoms with Crippen LogP contribution in [0.4, 0.5) is 9.80 Å². The Hall–Kier alpha value is -2.34. The first-order valence-corrected chi connectivity index (χ1v) is 11.9. The minimum atomic E-state index is -0.589. The van der Waals surface area contributed by atoms with Crippen molar-refractivity contribution in [2.75, 3.05) is 11.9 Å². The summed E-state index contributed by atoms with van der Waals surface area (Å²) < 4.78 is 10.7. The highest BCUT2D eigenvalue weighted by molar-refractivity contribution is 7.14. The SMILES string of the molecule is CCC(CCCCCOC(=O)Nc1sccc1C(=O)OC(C)(C)C)Cc1ccccc1. The molecule has 0 fully saturated rings. The zero-order valence-corrected chi connectivity index (χ0v) is 19.9. The number of unbranched alkanes of at least 4 members (excludes halogenated alkanes) is 2. The molecule has 0 spiro atoms. The van der Waals surface area contributed by atoms with Gasteiger partial charge in [-0.2, -0.15) is 0 Å². The van der Waals surface area contributed by atoms with Gasteiger partial charge in [-0.3, -0.25) is 5.32 Å². The Labute approximate surface area is 190 Å². The molecule has 1 aromatic heterocycles. The number of ether oxygens (including phenoxy) is 2. The van der Waals surface area contributed by atoms with Crippen molar-refractivity contribution in [1.82, 2.24) is 0 Å². The summed E-state index contributed by atoms with van der Waals surface area (Å²) in [4.78, 5) is 24.3. The number of thiophene rings is 1. The van der Waals surface area contributed by atoms with Crippen LogP contribution in [0.2, 0.25) is 0 Å². The van der Waals surface area contributed by atoms with E-state index in [1.54, 1.807) is 11.4 Å². The Balaban J connectivity index is 1.64. The largest absolute Gasteiger partial charge is 0.456 e. The Kier molecular flexibility index (Phi) is 10.0. The summed E-state index contributed by atoms with van der Waals surface area (Å²) in [5.41, 5.74) is 1.16. The fourth-order valence-electron chi connectivity index (χ4n) is 3.30. The third-order valence-corrected chi connectivity index (χ3v) is 5.76. The van der Waals surface area contributed by atoms with Gasteiger partial charge in [-0.1, -0.05) is 62.9 Å². The lowest BCUT2D eigenvalue weighted by Gasteiger charge is -2.19. The second-order valence-electron chi connectivity index (χ2n) is 8.74. The molecule has 0 aliphatic rings. The molecular formula is C25H35NO4S. The smallest absolute Gasteiger partial charge is 0.412 e. The summed E-state index contributed by atoms with van der Waals surface area (Å²) in [6.45, 7) is 8.04. The number of rotatable bonds is 11. The van der Waals surface area contributed by atoms with Crippen LogP contribution in [0.25, 0.3) is 0 Å². The maximum absolute atomic E-state index is 12.2. The van der Waals surface area contributed by atoms with Crippen LogP contribution >= 0.6 is 11.3 Å². The molecule has 0 bridgehead atoms. The van der Waals surface area contributed by atoms with E-state index < -0.39 is 17.7 Å². The summed E-state index contributed by atoms with van der Waals surface area (Å²) in [5.74, 6) is 0.238. The highest BCUT2D eigenvalue weighted by Crippen LogP contribution is 2.26. The van der Waals surface area contributed by atoms with E-state index in [0.717, 1.165) is 25.7 Å². The molecule has 2 rings (SSSR count). The van der Waals surface area contributed by atoms with Gasteiger partial charge in [0.25, 0.3) is 0 Å². The van der Waals surface area contributed by atoms with E-state index in [1.165, 1.54) is 29.7 Å². The number of amides is 1. The molecule has 1 heterocycles. The standard InChI is InChI=1S/C25H35NO4S/c1-5-19(18-20-13-8-6-9-14-20)12-10-7-11-16-29-24(28)26-22-21(15-17-31-22)23(27)30-25(2,3)4/h6,8-9,13-15,17,19H,5,7,10-12,16,18H2,1-4H3,(H,26,28). The average Bonchev–Trinajstić information content (AvgIpc) is 3.17. The van der Waals surface area contributed by atoms with Gasteiger partial charge in [-0.15, -0.1) is 11.3 Å². The highest BCUT2D eigenvalue weighted by atomic mass is 32.1. The molecular weight excluding hydrogens is 410 g/mol. The van der Waals surface area contributed by atoms with Crippen LogP contribution in [0.1, 0.15) is 75.7 Å². The van der Waals surface area contributed by atoms with Gasteiger partial charge < -0.3 is 9.47 Å². The van der Waals surface area contributed by atoms with Crippen molar-refractivity contribution in [3.63, 3.8) is 0 Å². The molecule has 170 valence electrons. The van der Waals surface area contributed by atoms with Gasteiger partial charge in [-0.25, -0.2) is 9.59 Å². The summed E-state index contributed by atoms with van der Waals surface area (Å²) in [6, 6.07) is 12.3. The number of carbonyl (C=O) groups is 2. The maximum atomic E-state index is 12.2. The summed E-state index contributed by atoms with van der Waals surface area (Å²) in [6.07, 6.45) is 5.93. The fraction of sp³-hybridized carbons (Fsp3) is 0.520. The van der Waals surface area contributed by atoms with Crippen molar-refractivity contribution >= 4 is 28.4 Å². The van der Waals surface area contributed by atoms with Crippen molar-refractivity contribution in [1.29, 1.82) is 0 Å². The van der Waals surface area contributed by atoms with E-state index in [1.807, 2.05) is 20.8 Å². The van der Waals surface area contributed by atoms with Crippen LogP contribution in [0.5, 0.6) is 0 Å². The molecule has 5 nitrogen and oxygen atoms in total. The molecule has 0 saturated carbocycles. The van der Waals surface area contributed by atoms with Gasteiger partial charge in [0.1, 0.15) is 10.6 Å². The monoisotopic (exact) mass is 445 g/mol. The third kappa shape index (κ3) is 9.55. The summed E-state index contributed by atoms with van der Waals surface area (Å²) >= 11 is 1.27. The zero-order valence-electron chi connectivity index (χ0n) is 19.1. The predicted molar refractivity (Wildman–Crippen MR) is 127 cm³/mol. The van der Waals surface area contributed by atoms with Crippen LogP contribution in [-0.4, -0.2) is 24.3 Å². The second-order valence-corrected chi connectivity index (χ2v) is 9.66. The van der Waals surface area contributed by atoms with E-state index in [4.69, 9.17) is 9.47 Å². The van der Waals surface area contributed by atoms with E-state index >= 15 is 0 Å². The molecule has 0 radical (unpaired) electrons.